The lowest BCUT2D eigenvalue weighted by molar-refractivity contribution is -0.141. The van der Waals surface area contributed by atoms with Gasteiger partial charge >= 0.3 is 12.2 Å². The first-order chi connectivity index (χ1) is 23.6. The lowest BCUT2D eigenvalue weighted by atomic mass is 9.98. The summed E-state index contributed by atoms with van der Waals surface area (Å²) < 4.78 is 68.1. The molecule has 0 bridgehead atoms. The first-order valence-corrected chi connectivity index (χ1v) is 18.9. The van der Waals surface area contributed by atoms with Crippen LogP contribution in [-0.2, 0) is 10.0 Å². The number of likely N-dealkylation sites (tertiary alicyclic amines) is 1. The SMILES string of the molecule is CCCNC(=O)Nc1cc(C2=NC(C(F)(F)F)CS2)c(-c2ccc3c(c2)c(=O)c(C(=O)N2CCN(S(C)(=O)=O)CC2)cn3C2CN(C)C2)cn1. The van der Waals surface area contributed by atoms with Crippen molar-refractivity contribution in [1.29, 1.82) is 0 Å². The van der Waals surface area contributed by atoms with Crippen LogP contribution in [0.1, 0.15) is 35.3 Å². The molecule has 6 rings (SSSR count). The van der Waals surface area contributed by atoms with Gasteiger partial charge in [-0.05, 0) is 37.2 Å². The number of fused-ring (bicyclic) bond motifs is 1. The fourth-order valence-corrected chi connectivity index (χ4v) is 8.16. The van der Waals surface area contributed by atoms with Crippen molar-refractivity contribution in [1.82, 2.24) is 29.0 Å². The Hall–Kier alpha value is -4.00. The van der Waals surface area contributed by atoms with Crippen LogP contribution in [0.15, 0.2) is 46.4 Å². The number of anilines is 1. The Bertz CT molecular complexity index is 2020. The van der Waals surface area contributed by atoms with E-state index in [2.05, 4.69) is 25.5 Å². The number of amides is 3. The Kier molecular flexibility index (Phi) is 10.00. The van der Waals surface area contributed by atoms with Gasteiger partial charge in [0.25, 0.3) is 5.91 Å². The van der Waals surface area contributed by atoms with Crippen LogP contribution in [0.5, 0.6) is 0 Å². The minimum atomic E-state index is -4.53. The number of benzene rings is 1. The second-order valence-corrected chi connectivity index (χ2v) is 15.6. The maximum atomic E-state index is 14.1. The number of nitrogens with one attached hydrogen (secondary N) is 2. The molecule has 2 fully saturated rings. The van der Waals surface area contributed by atoms with E-state index >= 15 is 0 Å². The molecule has 13 nitrogen and oxygen atoms in total. The number of thioether (sulfide) groups is 1. The third kappa shape index (κ3) is 7.38. The molecule has 3 amide bonds. The molecule has 3 aliphatic rings. The Morgan fingerprint density at radius 3 is 2.42 bits per heavy atom. The van der Waals surface area contributed by atoms with Crippen LogP contribution in [0.2, 0.25) is 0 Å². The van der Waals surface area contributed by atoms with Gasteiger partial charge < -0.3 is 19.7 Å². The average Bonchev–Trinajstić information content (AvgIpc) is 3.57. The van der Waals surface area contributed by atoms with Crippen molar-refractivity contribution in [2.45, 2.75) is 31.6 Å². The predicted molar refractivity (Wildman–Crippen MR) is 186 cm³/mol. The first-order valence-electron chi connectivity index (χ1n) is 16.1. The number of hydrogen-bond donors (Lipinski definition) is 2. The van der Waals surface area contributed by atoms with Crippen LogP contribution in [0.25, 0.3) is 22.0 Å². The van der Waals surface area contributed by atoms with E-state index < -0.39 is 39.6 Å². The second-order valence-electron chi connectivity index (χ2n) is 12.6. The Morgan fingerprint density at radius 1 is 1.08 bits per heavy atom. The number of hydrogen-bond acceptors (Lipinski definition) is 9. The number of halogens is 3. The van der Waals surface area contributed by atoms with Gasteiger partial charge in [0.15, 0.2) is 6.04 Å². The molecular formula is C32H37F3N8O5S2. The molecule has 1 atom stereocenters. The normalized spacial score (nSPS) is 19.4. The lowest BCUT2D eigenvalue weighted by Crippen LogP contribution is -2.51. The summed E-state index contributed by atoms with van der Waals surface area (Å²) in [6.07, 6.45) is 0.275. The number of rotatable bonds is 8. The Morgan fingerprint density at radius 2 is 1.80 bits per heavy atom. The number of likely N-dealkylation sites (N-methyl/N-ethyl adjacent to an activating group) is 1. The molecule has 50 heavy (non-hydrogen) atoms. The zero-order valence-electron chi connectivity index (χ0n) is 27.7. The number of aliphatic imine (C=N–C) groups is 1. The number of carbonyl (C=O) groups is 2. The standard InChI is InChI=1S/C32H37F3N8O5S2/c1-4-7-36-31(46)39-27-13-21(29-38-26(18-49-29)32(33,34)35)23(14-37-27)19-5-6-25-22(12-19)28(44)24(17-43(25)20-15-40(2)16-20)30(45)41-8-10-42(11-9-41)50(3,47)48/h5-6,12-14,17,20,26H,4,7-11,15-16,18H2,1-3H3,(H2,36,37,39,46). The van der Waals surface area contributed by atoms with Crippen LogP contribution in [0.3, 0.4) is 0 Å². The third-order valence-electron chi connectivity index (χ3n) is 8.95. The highest BCUT2D eigenvalue weighted by Crippen LogP contribution is 2.37. The number of piperazine rings is 1. The van der Waals surface area contributed by atoms with Crippen molar-refractivity contribution in [2.75, 3.05) is 70.2 Å². The molecule has 1 unspecified atom stereocenters. The van der Waals surface area contributed by atoms with Gasteiger partial charge in [0.2, 0.25) is 15.5 Å². The second kappa shape index (κ2) is 14.0. The van der Waals surface area contributed by atoms with E-state index in [1.54, 1.807) is 24.4 Å². The van der Waals surface area contributed by atoms with Crippen LogP contribution >= 0.6 is 11.8 Å². The van der Waals surface area contributed by atoms with E-state index in [0.717, 1.165) is 18.0 Å². The lowest BCUT2D eigenvalue weighted by Gasteiger charge is -2.39. The summed E-state index contributed by atoms with van der Waals surface area (Å²) in [5.74, 6) is -0.703. The molecule has 1 aromatic carbocycles. The number of alkyl halides is 3. The van der Waals surface area contributed by atoms with Gasteiger partial charge in [0.1, 0.15) is 11.4 Å². The molecule has 18 heteroatoms. The number of nitrogens with zero attached hydrogens (tertiary/aromatic N) is 6. The molecule has 3 aromatic rings. The molecule has 3 aliphatic heterocycles. The molecule has 0 radical (unpaired) electrons. The zero-order chi connectivity index (χ0) is 36.0. The van der Waals surface area contributed by atoms with Crippen molar-refractivity contribution in [2.24, 2.45) is 4.99 Å². The molecule has 2 aromatic heterocycles. The van der Waals surface area contributed by atoms with Crippen LogP contribution in [-0.4, -0.2) is 126 Å². The van der Waals surface area contributed by atoms with Crippen LogP contribution in [0.4, 0.5) is 23.8 Å². The topological polar surface area (TPSA) is 149 Å². The van der Waals surface area contributed by atoms with E-state index in [1.807, 2.05) is 18.5 Å². The van der Waals surface area contributed by atoms with Gasteiger partial charge in [0, 0.05) is 80.5 Å². The number of carbonyl (C=O) groups excluding carboxylic acids is 2. The van der Waals surface area contributed by atoms with Crippen LogP contribution in [0, 0.1) is 0 Å². The van der Waals surface area contributed by atoms with E-state index in [0.29, 0.717) is 48.3 Å². The fraction of sp³-hybridized carbons (Fsp3) is 0.469. The number of pyridine rings is 2. The molecule has 2 saturated heterocycles. The fourth-order valence-electron chi connectivity index (χ4n) is 6.23. The maximum absolute atomic E-state index is 14.1. The summed E-state index contributed by atoms with van der Waals surface area (Å²) in [5, 5.41) is 5.64. The summed E-state index contributed by atoms with van der Waals surface area (Å²) in [6.45, 7) is 4.16. The van der Waals surface area contributed by atoms with Crippen molar-refractivity contribution in [3.8, 4) is 11.1 Å². The molecule has 0 aliphatic carbocycles. The summed E-state index contributed by atoms with van der Waals surface area (Å²) in [7, 11) is -1.47. The molecular weight excluding hydrogens is 698 g/mol. The summed E-state index contributed by atoms with van der Waals surface area (Å²) in [4.78, 5) is 52.2. The van der Waals surface area contributed by atoms with Gasteiger partial charge in [-0.1, -0.05) is 13.0 Å². The zero-order valence-corrected chi connectivity index (χ0v) is 29.3. The van der Waals surface area contributed by atoms with E-state index in [-0.39, 0.29) is 59.8 Å². The Balaban J connectivity index is 1.43. The van der Waals surface area contributed by atoms with Crippen LogP contribution < -0.4 is 16.1 Å². The third-order valence-corrected chi connectivity index (χ3v) is 11.3. The number of sulfonamides is 1. The number of urea groups is 1. The summed E-state index contributed by atoms with van der Waals surface area (Å²) >= 11 is 0.941. The highest BCUT2D eigenvalue weighted by atomic mass is 32.2. The van der Waals surface area contributed by atoms with Crippen molar-refractivity contribution in [3.63, 3.8) is 0 Å². The minimum absolute atomic E-state index is 0.0208. The van der Waals surface area contributed by atoms with Gasteiger partial charge in [0.05, 0.1) is 22.9 Å². The highest BCUT2D eigenvalue weighted by molar-refractivity contribution is 8.14. The van der Waals surface area contributed by atoms with Gasteiger partial charge in [-0.3, -0.25) is 19.9 Å². The highest BCUT2D eigenvalue weighted by Gasteiger charge is 2.43. The molecule has 5 heterocycles. The largest absolute Gasteiger partial charge is 0.411 e. The molecule has 2 N–H and O–H groups in total. The van der Waals surface area contributed by atoms with Gasteiger partial charge in [-0.2, -0.15) is 17.5 Å². The Labute approximate surface area is 291 Å². The van der Waals surface area contributed by atoms with Crippen molar-refractivity contribution < 1.29 is 31.2 Å². The molecule has 0 spiro atoms. The maximum Gasteiger partial charge on any atom is 0.411 e. The smallest absolute Gasteiger partial charge is 0.341 e. The van der Waals surface area contributed by atoms with E-state index in [4.69, 9.17) is 0 Å². The van der Waals surface area contributed by atoms with Crippen molar-refractivity contribution in [3.05, 3.63) is 58.0 Å². The predicted octanol–water partition coefficient (Wildman–Crippen LogP) is 3.22. The first kappa shape index (κ1) is 35.8. The van der Waals surface area contributed by atoms with Gasteiger partial charge in [-0.15, -0.1) is 11.8 Å². The van der Waals surface area contributed by atoms with Crippen molar-refractivity contribution >= 4 is 55.5 Å². The quantitative estimate of drug-likeness (QED) is 0.359. The summed E-state index contributed by atoms with van der Waals surface area (Å²) in [5.41, 5.74) is 1.16. The summed E-state index contributed by atoms with van der Waals surface area (Å²) in [6, 6.07) is 4.13. The monoisotopic (exact) mass is 734 g/mol. The van der Waals surface area contributed by atoms with E-state index in [9.17, 15) is 36.0 Å². The van der Waals surface area contributed by atoms with Gasteiger partial charge in [-0.25, -0.2) is 18.2 Å². The average molecular weight is 735 g/mol. The van der Waals surface area contributed by atoms with E-state index in [1.165, 1.54) is 21.5 Å². The minimum Gasteiger partial charge on any atom is -0.341 e. The molecule has 0 saturated carbocycles. The number of aromatic nitrogens is 2. The molecule has 268 valence electrons.